The second-order valence-electron chi connectivity index (χ2n) is 6.37. The van der Waals surface area contributed by atoms with Gasteiger partial charge in [-0.15, -0.1) is 0 Å². The molecular weight excluding hydrogens is 380 g/mol. The largest absolute Gasteiger partial charge is 0.494 e. The van der Waals surface area contributed by atoms with Gasteiger partial charge < -0.3 is 24.8 Å². The normalized spacial score (nSPS) is 10.2. The lowest BCUT2D eigenvalue weighted by Gasteiger charge is -2.14. The smallest absolute Gasteiger partial charge is 0.243 e. The van der Waals surface area contributed by atoms with Crippen LogP contribution >= 0.6 is 0 Å². The Kier molecular flexibility index (Phi) is 7.97. The summed E-state index contributed by atoms with van der Waals surface area (Å²) in [5, 5.41) is 5.98. The summed E-state index contributed by atoms with van der Waals surface area (Å²) >= 11 is 0. The van der Waals surface area contributed by atoms with Crippen LogP contribution in [0.25, 0.3) is 0 Å². The summed E-state index contributed by atoms with van der Waals surface area (Å²) in [5.41, 5.74) is 1.44. The van der Waals surface area contributed by atoms with Crippen LogP contribution < -0.4 is 24.8 Å². The maximum Gasteiger partial charge on any atom is 0.243 e. The monoisotopic (exact) mass is 406 g/mol. The molecule has 156 valence electrons. The summed E-state index contributed by atoms with van der Waals surface area (Å²) in [6, 6.07) is 24.4. The average Bonchev–Trinajstić information content (AvgIpc) is 2.78. The van der Waals surface area contributed by atoms with Crippen LogP contribution in [0.15, 0.2) is 78.9 Å². The van der Waals surface area contributed by atoms with Crippen LogP contribution in [-0.2, 0) is 4.79 Å². The van der Waals surface area contributed by atoms with Gasteiger partial charge in [-0.3, -0.25) is 4.79 Å². The number of benzene rings is 3. The summed E-state index contributed by atoms with van der Waals surface area (Å²) in [5.74, 6) is 1.98. The van der Waals surface area contributed by atoms with Gasteiger partial charge in [0.15, 0.2) is 0 Å². The molecule has 3 aromatic carbocycles. The van der Waals surface area contributed by atoms with Crippen molar-refractivity contribution in [2.45, 2.75) is 6.92 Å². The summed E-state index contributed by atoms with van der Waals surface area (Å²) in [6.07, 6.45) is 0. The van der Waals surface area contributed by atoms with E-state index in [2.05, 4.69) is 10.6 Å². The Bertz CT molecular complexity index is 931. The molecule has 2 N–H and O–H groups in total. The van der Waals surface area contributed by atoms with Gasteiger partial charge in [0.1, 0.15) is 30.5 Å². The van der Waals surface area contributed by atoms with Gasteiger partial charge in [-0.2, -0.15) is 0 Å². The number of hydrogen-bond acceptors (Lipinski definition) is 5. The van der Waals surface area contributed by atoms with Gasteiger partial charge in [0, 0.05) is 11.8 Å². The SMILES string of the molecule is CCOc1cccc(NCC(=O)Nc2ccccc2OCCOc2ccccc2)c1. The molecule has 30 heavy (non-hydrogen) atoms. The second kappa shape index (κ2) is 11.4. The summed E-state index contributed by atoms with van der Waals surface area (Å²) in [4.78, 5) is 12.4. The van der Waals surface area contributed by atoms with E-state index in [1.54, 1.807) is 6.07 Å². The molecule has 0 aliphatic carbocycles. The molecule has 0 heterocycles. The highest BCUT2D eigenvalue weighted by atomic mass is 16.5. The Morgan fingerprint density at radius 2 is 1.53 bits per heavy atom. The molecule has 0 saturated carbocycles. The topological polar surface area (TPSA) is 68.8 Å². The van der Waals surface area contributed by atoms with Crippen LogP contribution in [0, 0.1) is 0 Å². The van der Waals surface area contributed by atoms with Gasteiger partial charge in [0.25, 0.3) is 0 Å². The third-order valence-corrected chi connectivity index (χ3v) is 4.11. The van der Waals surface area contributed by atoms with Gasteiger partial charge in [-0.05, 0) is 43.3 Å². The lowest BCUT2D eigenvalue weighted by molar-refractivity contribution is -0.114. The van der Waals surface area contributed by atoms with E-state index in [4.69, 9.17) is 14.2 Å². The first-order chi connectivity index (χ1) is 14.7. The molecule has 6 heteroatoms. The van der Waals surface area contributed by atoms with Crippen molar-refractivity contribution in [3.63, 3.8) is 0 Å². The van der Waals surface area contributed by atoms with Crippen LogP contribution in [0.5, 0.6) is 17.2 Å². The predicted molar refractivity (Wildman–Crippen MR) is 119 cm³/mol. The first-order valence-corrected chi connectivity index (χ1v) is 9.91. The summed E-state index contributed by atoms with van der Waals surface area (Å²) in [7, 11) is 0. The van der Waals surface area contributed by atoms with Crippen LogP contribution in [0.4, 0.5) is 11.4 Å². The van der Waals surface area contributed by atoms with Crippen molar-refractivity contribution >= 4 is 17.3 Å². The number of carbonyl (C=O) groups excluding carboxylic acids is 1. The number of hydrogen-bond donors (Lipinski definition) is 2. The van der Waals surface area contributed by atoms with Gasteiger partial charge >= 0.3 is 0 Å². The molecule has 1 amide bonds. The van der Waals surface area contributed by atoms with Gasteiger partial charge in [0.2, 0.25) is 5.91 Å². The minimum Gasteiger partial charge on any atom is -0.494 e. The van der Waals surface area contributed by atoms with Crippen molar-refractivity contribution in [1.29, 1.82) is 0 Å². The van der Waals surface area contributed by atoms with Crippen LogP contribution in [-0.4, -0.2) is 32.3 Å². The van der Waals surface area contributed by atoms with Crippen molar-refractivity contribution in [2.75, 3.05) is 37.0 Å². The standard InChI is InChI=1S/C24H26N2O4/c1-2-28-21-12-8-9-19(17-21)25-18-24(27)26-22-13-6-7-14-23(22)30-16-15-29-20-10-4-3-5-11-20/h3-14,17,25H,2,15-16,18H2,1H3,(H,26,27). The minimum atomic E-state index is -0.173. The van der Waals surface area contributed by atoms with Crippen LogP contribution in [0.1, 0.15) is 6.92 Å². The molecule has 0 radical (unpaired) electrons. The number of anilines is 2. The number of para-hydroxylation sites is 3. The summed E-state index contributed by atoms with van der Waals surface area (Å²) in [6.45, 7) is 3.42. The van der Waals surface area contributed by atoms with E-state index in [0.29, 0.717) is 31.3 Å². The molecule has 0 aliphatic rings. The van der Waals surface area contributed by atoms with Crippen molar-refractivity contribution < 1.29 is 19.0 Å². The third-order valence-electron chi connectivity index (χ3n) is 4.11. The maximum atomic E-state index is 12.4. The Labute approximate surface area is 176 Å². The molecule has 0 spiro atoms. The molecular formula is C24H26N2O4. The quantitative estimate of drug-likeness (QED) is 0.456. The Morgan fingerprint density at radius 3 is 2.37 bits per heavy atom. The van der Waals surface area contributed by atoms with Crippen LogP contribution in [0.3, 0.4) is 0 Å². The number of carbonyl (C=O) groups is 1. The number of nitrogens with one attached hydrogen (secondary N) is 2. The van der Waals surface area contributed by atoms with E-state index in [9.17, 15) is 4.79 Å². The lowest BCUT2D eigenvalue weighted by Crippen LogP contribution is -2.22. The fourth-order valence-corrected chi connectivity index (χ4v) is 2.76. The van der Waals surface area contributed by atoms with E-state index in [-0.39, 0.29) is 12.5 Å². The fraction of sp³-hybridized carbons (Fsp3) is 0.208. The Hall–Kier alpha value is -3.67. The molecule has 0 aromatic heterocycles. The predicted octanol–water partition coefficient (Wildman–Crippen LogP) is 4.59. The molecule has 3 aromatic rings. The fourth-order valence-electron chi connectivity index (χ4n) is 2.76. The Balaban J connectivity index is 1.47. The first kappa shape index (κ1) is 21.0. The zero-order valence-electron chi connectivity index (χ0n) is 17.0. The van der Waals surface area contributed by atoms with E-state index in [1.807, 2.05) is 79.7 Å². The molecule has 3 rings (SSSR count). The highest BCUT2D eigenvalue weighted by molar-refractivity contribution is 5.95. The molecule has 0 fully saturated rings. The second-order valence-corrected chi connectivity index (χ2v) is 6.37. The summed E-state index contributed by atoms with van der Waals surface area (Å²) < 4.78 is 16.9. The van der Waals surface area contributed by atoms with Gasteiger partial charge in [-0.1, -0.05) is 36.4 Å². The van der Waals surface area contributed by atoms with E-state index in [0.717, 1.165) is 17.2 Å². The Morgan fingerprint density at radius 1 is 0.800 bits per heavy atom. The van der Waals surface area contributed by atoms with Crippen molar-refractivity contribution in [2.24, 2.45) is 0 Å². The number of ether oxygens (including phenoxy) is 3. The van der Waals surface area contributed by atoms with Gasteiger partial charge in [0.05, 0.1) is 18.8 Å². The third kappa shape index (κ3) is 6.74. The van der Waals surface area contributed by atoms with Crippen molar-refractivity contribution in [3.05, 3.63) is 78.9 Å². The number of rotatable bonds is 11. The van der Waals surface area contributed by atoms with E-state index in [1.165, 1.54) is 0 Å². The van der Waals surface area contributed by atoms with Crippen LogP contribution in [0.2, 0.25) is 0 Å². The maximum absolute atomic E-state index is 12.4. The molecule has 0 unspecified atom stereocenters. The number of amides is 1. The molecule has 0 aliphatic heterocycles. The zero-order valence-corrected chi connectivity index (χ0v) is 17.0. The molecule has 6 nitrogen and oxygen atoms in total. The molecule has 0 saturated heterocycles. The molecule has 0 bridgehead atoms. The highest BCUT2D eigenvalue weighted by Gasteiger charge is 2.08. The van der Waals surface area contributed by atoms with E-state index >= 15 is 0 Å². The van der Waals surface area contributed by atoms with Gasteiger partial charge in [-0.25, -0.2) is 0 Å². The molecule has 0 atom stereocenters. The first-order valence-electron chi connectivity index (χ1n) is 9.91. The van der Waals surface area contributed by atoms with Crippen molar-refractivity contribution in [3.8, 4) is 17.2 Å². The zero-order chi connectivity index (χ0) is 21.0. The average molecular weight is 406 g/mol. The van der Waals surface area contributed by atoms with Crippen molar-refractivity contribution in [1.82, 2.24) is 0 Å². The lowest BCUT2D eigenvalue weighted by atomic mass is 10.3. The van der Waals surface area contributed by atoms with E-state index < -0.39 is 0 Å². The highest BCUT2D eigenvalue weighted by Crippen LogP contribution is 2.24. The minimum absolute atomic E-state index is 0.126.